The molecular formula is C12H13ClN2O3. The average Bonchev–Trinajstić information content (AvgIpc) is 2.71. The van der Waals surface area contributed by atoms with E-state index in [0.29, 0.717) is 11.6 Å². The van der Waals surface area contributed by atoms with Gasteiger partial charge in [0.1, 0.15) is 6.54 Å². The Labute approximate surface area is 110 Å². The lowest BCUT2D eigenvalue weighted by molar-refractivity contribution is -0.141. The molecule has 2 amide bonds. The van der Waals surface area contributed by atoms with Crippen molar-refractivity contribution in [3.05, 3.63) is 34.9 Å². The van der Waals surface area contributed by atoms with Gasteiger partial charge in [-0.1, -0.05) is 23.7 Å². The fraction of sp³-hybridized carbons (Fsp3) is 0.333. The van der Waals surface area contributed by atoms with Gasteiger partial charge in [0.05, 0.1) is 13.2 Å². The van der Waals surface area contributed by atoms with Crippen LogP contribution < -0.4 is 5.32 Å². The molecule has 1 fully saturated rings. The predicted molar refractivity (Wildman–Crippen MR) is 66.3 cm³/mol. The molecule has 1 heterocycles. The van der Waals surface area contributed by atoms with Crippen molar-refractivity contribution in [2.45, 2.75) is 6.04 Å². The number of amides is 2. The maximum atomic E-state index is 11.7. The first-order valence-corrected chi connectivity index (χ1v) is 5.85. The molecule has 0 aliphatic carbocycles. The molecule has 5 nitrogen and oxygen atoms in total. The Bertz CT molecular complexity index is 461. The third-order valence-corrected chi connectivity index (χ3v) is 3.06. The van der Waals surface area contributed by atoms with Gasteiger partial charge >= 0.3 is 12.0 Å². The lowest BCUT2D eigenvalue weighted by Gasteiger charge is -2.12. The van der Waals surface area contributed by atoms with Crippen LogP contribution in [0.3, 0.4) is 0 Å². The van der Waals surface area contributed by atoms with Gasteiger partial charge in [0.2, 0.25) is 0 Å². The minimum Gasteiger partial charge on any atom is -0.468 e. The predicted octanol–water partition coefficient (Wildman–Crippen LogP) is 1.58. The highest BCUT2D eigenvalue weighted by molar-refractivity contribution is 6.30. The van der Waals surface area contributed by atoms with Crippen LogP contribution >= 0.6 is 11.6 Å². The van der Waals surface area contributed by atoms with E-state index < -0.39 is 5.97 Å². The molecule has 0 bridgehead atoms. The second-order valence-electron chi connectivity index (χ2n) is 4.01. The van der Waals surface area contributed by atoms with Gasteiger partial charge in [-0.05, 0) is 17.7 Å². The summed E-state index contributed by atoms with van der Waals surface area (Å²) in [5.41, 5.74) is 0.958. The first-order chi connectivity index (χ1) is 8.60. The van der Waals surface area contributed by atoms with E-state index in [0.717, 1.165) is 5.56 Å². The topological polar surface area (TPSA) is 58.6 Å². The standard InChI is InChI=1S/C12H13ClN2O3/c1-18-11(16)7-15-6-10(14-12(15)17)8-2-4-9(13)5-3-8/h2-5,10H,6-7H2,1H3,(H,14,17). The number of hydrogen-bond acceptors (Lipinski definition) is 3. The van der Waals surface area contributed by atoms with E-state index in [4.69, 9.17) is 11.6 Å². The number of rotatable bonds is 3. The van der Waals surface area contributed by atoms with Gasteiger partial charge in [-0.3, -0.25) is 4.79 Å². The second-order valence-corrected chi connectivity index (χ2v) is 4.45. The number of carbonyl (C=O) groups excluding carboxylic acids is 2. The molecule has 0 spiro atoms. The average molecular weight is 269 g/mol. The molecule has 1 unspecified atom stereocenters. The minimum atomic E-state index is -0.429. The summed E-state index contributed by atoms with van der Waals surface area (Å²) in [6.45, 7) is 0.405. The van der Waals surface area contributed by atoms with Crippen LogP contribution in [0.1, 0.15) is 11.6 Å². The Morgan fingerprint density at radius 2 is 2.17 bits per heavy atom. The Balaban J connectivity index is 2.04. The normalized spacial score (nSPS) is 18.7. The first kappa shape index (κ1) is 12.7. The van der Waals surface area contributed by atoms with E-state index in [2.05, 4.69) is 10.1 Å². The Morgan fingerprint density at radius 1 is 1.50 bits per heavy atom. The molecule has 0 radical (unpaired) electrons. The van der Waals surface area contributed by atoms with Gasteiger partial charge in [0.25, 0.3) is 0 Å². The molecule has 1 aliphatic heterocycles. The highest BCUT2D eigenvalue weighted by atomic mass is 35.5. The molecule has 6 heteroatoms. The molecule has 2 rings (SSSR count). The van der Waals surface area contributed by atoms with E-state index in [1.165, 1.54) is 12.0 Å². The van der Waals surface area contributed by atoms with Crippen molar-refractivity contribution in [2.24, 2.45) is 0 Å². The number of benzene rings is 1. The number of carbonyl (C=O) groups is 2. The highest BCUT2D eigenvalue weighted by Gasteiger charge is 2.31. The summed E-state index contributed by atoms with van der Waals surface area (Å²) in [6.07, 6.45) is 0. The molecule has 1 aromatic carbocycles. The van der Waals surface area contributed by atoms with E-state index >= 15 is 0 Å². The first-order valence-electron chi connectivity index (χ1n) is 5.48. The monoisotopic (exact) mass is 268 g/mol. The highest BCUT2D eigenvalue weighted by Crippen LogP contribution is 2.21. The SMILES string of the molecule is COC(=O)CN1CC(c2ccc(Cl)cc2)NC1=O. The van der Waals surface area contributed by atoms with Crippen LogP contribution in [0.5, 0.6) is 0 Å². The summed E-state index contributed by atoms with van der Waals surface area (Å²) in [7, 11) is 1.30. The number of methoxy groups -OCH3 is 1. The number of esters is 1. The second kappa shape index (κ2) is 5.27. The van der Waals surface area contributed by atoms with Crippen LogP contribution in [-0.2, 0) is 9.53 Å². The molecular weight excluding hydrogens is 256 g/mol. The number of nitrogens with zero attached hydrogens (tertiary/aromatic N) is 1. The number of urea groups is 1. The number of nitrogens with one attached hydrogen (secondary N) is 1. The maximum absolute atomic E-state index is 11.7. The zero-order chi connectivity index (χ0) is 13.1. The summed E-state index contributed by atoms with van der Waals surface area (Å²) in [5.74, 6) is -0.429. The molecule has 0 aromatic heterocycles. The number of halogens is 1. The van der Waals surface area contributed by atoms with Gasteiger partial charge in [-0.15, -0.1) is 0 Å². The van der Waals surface area contributed by atoms with Crippen LogP contribution in [0.15, 0.2) is 24.3 Å². The van der Waals surface area contributed by atoms with Gasteiger partial charge in [0.15, 0.2) is 0 Å². The third kappa shape index (κ3) is 2.73. The summed E-state index contributed by atoms with van der Waals surface area (Å²) in [4.78, 5) is 24.2. The molecule has 0 saturated carbocycles. The summed E-state index contributed by atoms with van der Waals surface area (Å²) >= 11 is 5.80. The smallest absolute Gasteiger partial charge is 0.325 e. The maximum Gasteiger partial charge on any atom is 0.325 e. The van der Waals surface area contributed by atoms with Crippen LogP contribution in [0.2, 0.25) is 5.02 Å². The van der Waals surface area contributed by atoms with Crippen molar-refractivity contribution >= 4 is 23.6 Å². The fourth-order valence-electron chi connectivity index (χ4n) is 1.83. The Morgan fingerprint density at radius 3 is 2.78 bits per heavy atom. The summed E-state index contributed by atoms with van der Waals surface area (Å²) < 4.78 is 4.54. The van der Waals surface area contributed by atoms with Crippen molar-refractivity contribution in [3.63, 3.8) is 0 Å². The van der Waals surface area contributed by atoms with E-state index in [9.17, 15) is 9.59 Å². The van der Waals surface area contributed by atoms with Crippen molar-refractivity contribution < 1.29 is 14.3 Å². The Hall–Kier alpha value is -1.75. The van der Waals surface area contributed by atoms with Crippen molar-refractivity contribution in [1.82, 2.24) is 10.2 Å². The van der Waals surface area contributed by atoms with Crippen molar-refractivity contribution in [2.75, 3.05) is 20.2 Å². The van der Waals surface area contributed by atoms with Crippen molar-refractivity contribution in [1.29, 1.82) is 0 Å². The molecule has 96 valence electrons. The summed E-state index contributed by atoms with van der Waals surface area (Å²) in [6, 6.07) is 6.86. The quantitative estimate of drug-likeness (QED) is 0.847. The number of ether oxygens (including phenoxy) is 1. The van der Waals surface area contributed by atoms with Crippen molar-refractivity contribution in [3.8, 4) is 0 Å². The zero-order valence-corrected chi connectivity index (χ0v) is 10.6. The largest absolute Gasteiger partial charge is 0.468 e. The molecule has 1 saturated heterocycles. The van der Waals surface area contributed by atoms with Gasteiger partial charge in [-0.25, -0.2) is 4.79 Å². The third-order valence-electron chi connectivity index (χ3n) is 2.81. The van der Waals surface area contributed by atoms with Crippen LogP contribution in [0, 0.1) is 0 Å². The Kier molecular flexibility index (Phi) is 3.72. The van der Waals surface area contributed by atoms with E-state index in [1.54, 1.807) is 12.1 Å². The van der Waals surface area contributed by atoms with Gasteiger partial charge in [-0.2, -0.15) is 0 Å². The van der Waals surface area contributed by atoms with Gasteiger partial charge in [0, 0.05) is 11.6 Å². The molecule has 18 heavy (non-hydrogen) atoms. The lowest BCUT2D eigenvalue weighted by atomic mass is 10.1. The summed E-state index contributed by atoms with van der Waals surface area (Å²) in [5, 5.41) is 3.45. The molecule has 1 aromatic rings. The van der Waals surface area contributed by atoms with Crippen LogP contribution in [0.25, 0.3) is 0 Å². The van der Waals surface area contributed by atoms with E-state index in [-0.39, 0.29) is 18.6 Å². The fourth-order valence-corrected chi connectivity index (χ4v) is 1.96. The van der Waals surface area contributed by atoms with Gasteiger partial charge < -0.3 is 15.0 Å². The molecule has 1 N–H and O–H groups in total. The number of hydrogen-bond donors (Lipinski definition) is 1. The minimum absolute atomic E-state index is 0.0353. The van der Waals surface area contributed by atoms with Crippen LogP contribution in [0.4, 0.5) is 4.79 Å². The molecule has 1 aliphatic rings. The molecule has 1 atom stereocenters. The lowest BCUT2D eigenvalue weighted by Crippen LogP contribution is -2.33. The zero-order valence-electron chi connectivity index (χ0n) is 9.85. The van der Waals surface area contributed by atoms with E-state index in [1.807, 2.05) is 12.1 Å². The van der Waals surface area contributed by atoms with Crippen LogP contribution in [-0.4, -0.2) is 37.1 Å².